The van der Waals surface area contributed by atoms with E-state index in [0.717, 1.165) is 17.0 Å². The Bertz CT molecular complexity index is 607. The predicted molar refractivity (Wildman–Crippen MR) is 95.6 cm³/mol. The van der Waals surface area contributed by atoms with Crippen LogP contribution in [0, 0.1) is 6.92 Å². The first-order valence-corrected chi connectivity index (χ1v) is 8.75. The van der Waals surface area contributed by atoms with Crippen LogP contribution in [0.5, 0.6) is 0 Å². The molecule has 0 heterocycles. The fourth-order valence-electron chi connectivity index (χ4n) is 2.19. The van der Waals surface area contributed by atoms with E-state index in [1.165, 1.54) is 24.0 Å². The number of nitrogens with one attached hydrogen (secondary N) is 1. The van der Waals surface area contributed by atoms with Crippen LogP contribution in [0.15, 0.2) is 53.4 Å². The van der Waals surface area contributed by atoms with Crippen LogP contribution in [-0.2, 0) is 11.2 Å². The molecule has 22 heavy (non-hydrogen) atoms. The third-order valence-corrected chi connectivity index (χ3v) is 4.68. The van der Waals surface area contributed by atoms with Gasteiger partial charge in [0, 0.05) is 10.6 Å². The number of hydrogen-bond acceptors (Lipinski definition) is 2. The molecule has 3 heteroatoms. The van der Waals surface area contributed by atoms with Gasteiger partial charge in [0.05, 0.1) is 5.75 Å². The van der Waals surface area contributed by atoms with Gasteiger partial charge in [0.15, 0.2) is 0 Å². The lowest BCUT2D eigenvalue weighted by Gasteiger charge is -2.08. The van der Waals surface area contributed by atoms with Crippen molar-refractivity contribution in [3.05, 3.63) is 59.7 Å². The van der Waals surface area contributed by atoms with Crippen LogP contribution < -0.4 is 5.32 Å². The van der Waals surface area contributed by atoms with Crippen LogP contribution in [0.2, 0.25) is 0 Å². The summed E-state index contributed by atoms with van der Waals surface area (Å²) in [6.07, 6.45) is 3.52. The summed E-state index contributed by atoms with van der Waals surface area (Å²) >= 11 is 1.58. The number of aryl methyl sites for hydroxylation is 2. The van der Waals surface area contributed by atoms with Crippen molar-refractivity contribution in [2.75, 3.05) is 11.1 Å². The highest BCUT2D eigenvalue weighted by Crippen LogP contribution is 2.22. The van der Waals surface area contributed by atoms with E-state index in [1.807, 2.05) is 24.3 Å². The van der Waals surface area contributed by atoms with E-state index in [1.54, 1.807) is 11.8 Å². The average molecular weight is 313 g/mol. The van der Waals surface area contributed by atoms with Crippen molar-refractivity contribution >= 4 is 23.4 Å². The van der Waals surface area contributed by atoms with Crippen LogP contribution in [0.25, 0.3) is 0 Å². The number of hydrogen-bond donors (Lipinski definition) is 1. The van der Waals surface area contributed by atoms with E-state index < -0.39 is 0 Å². The summed E-state index contributed by atoms with van der Waals surface area (Å²) in [5, 5.41) is 2.96. The van der Waals surface area contributed by atoms with Crippen LogP contribution in [0.3, 0.4) is 0 Å². The predicted octanol–water partition coefficient (Wildman–Crippen LogP) is 5.07. The topological polar surface area (TPSA) is 29.1 Å². The second-order valence-electron chi connectivity index (χ2n) is 5.40. The van der Waals surface area contributed by atoms with Gasteiger partial charge in [0.25, 0.3) is 0 Å². The summed E-state index contributed by atoms with van der Waals surface area (Å²) in [5.41, 5.74) is 3.41. The molecule has 1 amide bonds. The molecule has 0 unspecified atom stereocenters. The molecule has 0 bridgehead atoms. The molecule has 0 aromatic heterocycles. The Labute approximate surface area is 137 Å². The van der Waals surface area contributed by atoms with Crippen molar-refractivity contribution in [1.82, 2.24) is 0 Å². The molecule has 0 aliphatic rings. The highest BCUT2D eigenvalue weighted by molar-refractivity contribution is 8.00. The lowest BCUT2D eigenvalue weighted by molar-refractivity contribution is -0.113. The number of rotatable bonds is 7. The van der Waals surface area contributed by atoms with Crippen LogP contribution in [0.1, 0.15) is 30.9 Å². The summed E-state index contributed by atoms with van der Waals surface area (Å²) in [6, 6.07) is 16.3. The second kappa shape index (κ2) is 8.64. The van der Waals surface area contributed by atoms with Gasteiger partial charge in [0.1, 0.15) is 0 Å². The molecule has 1 N–H and O–H groups in total. The summed E-state index contributed by atoms with van der Waals surface area (Å²) in [4.78, 5) is 13.2. The van der Waals surface area contributed by atoms with Crippen LogP contribution in [0.4, 0.5) is 5.69 Å². The molecule has 0 fully saturated rings. The third-order valence-electron chi connectivity index (χ3n) is 3.51. The van der Waals surface area contributed by atoms with Gasteiger partial charge in [-0.15, -0.1) is 11.8 Å². The van der Waals surface area contributed by atoms with Gasteiger partial charge in [-0.2, -0.15) is 0 Å². The minimum Gasteiger partial charge on any atom is -0.325 e. The van der Waals surface area contributed by atoms with Gasteiger partial charge in [-0.05, 0) is 49.1 Å². The fourth-order valence-corrected chi connectivity index (χ4v) is 3.02. The molecule has 0 aliphatic heterocycles. The summed E-state index contributed by atoms with van der Waals surface area (Å²) < 4.78 is 0. The van der Waals surface area contributed by atoms with Crippen LogP contribution in [-0.4, -0.2) is 11.7 Å². The molecule has 2 aromatic carbocycles. The molecule has 0 aliphatic carbocycles. The standard InChI is InChI=1S/C19H23NOS/c1-3-4-8-16-10-12-17(13-11-16)20-19(21)14-22-18-9-6-5-7-15(18)2/h5-7,9-13H,3-4,8,14H2,1-2H3,(H,20,21). The van der Waals surface area contributed by atoms with Crippen molar-refractivity contribution in [3.63, 3.8) is 0 Å². The minimum atomic E-state index is 0.0366. The first-order valence-electron chi connectivity index (χ1n) is 7.76. The zero-order valence-electron chi connectivity index (χ0n) is 13.3. The lowest BCUT2D eigenvalue weighted by Crippen LogP contribution is -2.14. The second-order valence-corrected chi connectivity index (χ2v) is 6.42. The Hall–Kier alpha value is -1.74. The number of benzene rings is 2. The molecule has 116 valence electrons. The Morgan fingerprint density at radius 1 is 1.09 bits per heavy atom. The van der Waals surface area contributed by atoms with E-state index in [2.05, 4.69) is 43.4 Å². The zero-order valence-corrected chi connectivity index (χ0v) is 14.1. The third kappa shape index (κ3) is 5.23. The summed E-state index contributed by atoms with van der Waals surface area (Å²) in [5.74, 6) is 0.470. The van der Waals surface area contributed by atoms with Gasteiger partial charge in [0.2, 0.25) is 5.91 Å². The molecule has 2 aromatic rings. The first kappa shape index (κ1) is 16.6. The van der Waals surface area contributed by atoms with Crippen molar-refractivity contribution in [2.45, 2.75) is 38.0 Å². The Kier molecular flexibility index (Phi) is 6.53. The van der Waals surface area contributed by atoms with E-state index in [4.69, 9.17) is 0 Å². The maximum atomic E-state index is 12.0. The zero-order chi connectivity index (χ0) is 15.8. The Balaban J connectivity index is 1.83. The molecule has 0 saturated carbocycles. The van der Waals surface area contributed by atoms with E-state index in [-0.39, 0.29) is 5.91 Å². The molecule has 2 nitrogen and oxygen atoms in total. The average Bonchev–Trinajstić information content (AvgIpc) is 2.53. The lowest BCUT2D eigenvalue weighted by atomic mass is 10.1. The number of carbonyl (C=O) groups excluding carboxylic acids is 1. The maximum absolute atomic E-state index is 12.0. The molecule has 2 rings (SSSR count). The van der Waals surface area contributed by atoms with Gasteiger partial charge in [-0.3, -0.25) is 4.79 Å². The van der Waals surface area contributed by atoms with Crippen molar-refractivity contribution in [2.24, 2.45) is 0 Å². The van der Waals surface area contributed by atoms with Gasteiger partial charge in [-0.1, -0.05) is 43.7 Å². The number of amides is 1. The SMILES string of the molecule is CCCCc1ccc(NC(=O)CSc2ccccc2C)cc1. The highest BCUT2D eigenvalue weighted by atomic mass is 32.2. The molecular formula is C19H23NOS. The number of unbranched alkanes of at least 4 members (excludes halogenated alkanes) is 1. The largest absolute Gasteiger partial charge is 0.325 e. The monoisotopic (exact) mass is 313 g/mol. The van der Waals surface area contributed by atoms with Crippen molar-refractivity contribution in [3.8, 4) is 0 Å². The Morgan fingerprint density at radius 3 is 2.50 bits per heavy atom. The van der Waals surface area contributed by atoms with Gasteiger partial charge >= 0.3 is 0 Å². The quantitative estimate of drug-likeness (QED) is 0.723. The fraction of sp³-hybridized carbons (Fsp3) is 0.316. The van der Waals surface area contributed by atoms with Crippen LogP contribution >= 0.6 is 11.8 Å². The number of thioether (sulfide) groups is 1. The molecule has 0 spiro atoms. The molecule has 0 radical (unpaired) electrons. The van der Waals surface area contributed by atoms with Gasteiger partial charge < -0.3 is 5.32 Å². The number of carbonyl (C=O) groups is 1. The first-order chi connectivity index (χ1) is 10.7. The van der Waals surface area contributed by atoms with Crippen molar-refractivity contribution < 1.29 is 4.79 Å². The molecular weight excluding hydrogens is 290 g/mol. The van der Waals surface area contributed by atoms with Crippen molar-refractivity contribution in [1.29, 1.82) is 0 Å². The minimum absolute atomic E-state index is 0.0366. The smallest absolute Gasteiger partial charge is 0.234 e. The highest BCUT2D eigenvalue weighted by Gasteiger charge is 2.05. The number of anilines is 1. The molecule has 0 atom stereocenters. The van der Waals surface area contributed by atoms with E-state index in [9.17, 15) is 4.79 Å². The van der Waals surface area contributed by atoms with Gasteiger partial charge in [-0.25, -0.2) is 0 Å². The maximum Gasteiger partial charge on any atom is 0.234 e. The van der Waals surface area contributed by atoms with E-state index >= 15 is 0 Å². The van der Waals surface area contributed by atoms with E-state index in [0.29, 0.717) is 5.75 Å². The Morgan fingerprint density at radius 2 is 1.82 bits per heavy atom. The summed E-state index contributed by atoms with van der Waals surface area (Å²) in [6.45, 7) is 4.26. The summed E-state index contributed by atoms with van der Waals surface area (Å²) in [7, 11) is 0. The molecule has 0 saturated heterocycles. The normalized spacial score (nSPS) is 10.5.